The third-order valence-electron chi connectivity index (χ3n) is 2.42. The van der Waals surface area contributed by atoms with Crippen molar-refractivity contribution in [3.05, 3.63) is 41.5 Å². The Balaban J connectivity index is 2.06. The monoisotopic (exact) mass is 250 g/mol. The molecule has 5 heteroatoms. The molecule has 2 aromatic rings. The largest absolute Gasteiger partial charge is 0.417 e. The number of rotatable bonds is 5. The molecule has 96 valence electrons. The summed E-state index contributed by atoms with van der Waals surface area (Å²) >= 11 is 0. The third-order valence-corrected chi connectivity index (χ3v) is 2.42. The van der Waals surface area contributed by atoms with Crippen LogP contribution < -0.4 is 10.1 Å². The summed E-state index contributed by atoms with van der Waals surface area (Å²) in [5, 5.41) is 3.13. The molecule has 0 fully saturated rings. The zero-order valence-corrected chi connectivity index (χ0v) is 10.4. The van der Waals surface area contributed by atoms with Crippen LogP contribution in [0.15, 0.2) is 28.9 Å². The van der Waals surface area contributed by atoms with Crippen LogP contribution in [0.3, 0.4) is 0 Å². The summed E-state index contributed by atoms with van der Waals surface area (Å²) in [5.74, 6) is 0.244. The number of aryl methyl sites for hydroxylation is 1. The van der Waals surface area contributed by atoms with Gasteiger partial charge in [-0.2, -0.15) is 4.98 Å². The molecule has 1 aromatic heterocycles. The van der Waals surface area contributed by atoms with Gasteiger partial charge >= 0.3 is 6.08 Å². The second kappa shape index (κ2) is 5.64. The Kier molecular flexibility index (Phi) is 3.94. The van der Waals surface area contributed by atoms with Gasteiger partial charge in [-0.3, -0.25) is 0 Å². The van der Waals surface area contributed by atoms with Crippen LogP contribution in [0.5, 0.6) is 11.8 Å². The van der Waals surface area contributed by atoms with Crippen molar-refractivity contribution in [2.75, 3.05) is 6.54 Å². The van der Waals surface area contributed by atoms with E-state index in [0.717, 1.165) is 12.2 Å². The van der Waals surface area contributed by atoms with Crippen LogP contribution in [0, 0.1) is 12.7 Å². The van der Waals surface area contributed by atoms with E-state index in [2.05, 4.69) is 10.3 Å². The number of hydrogen-bond donors (Lipinski definition) is 1. The fourth-order valence-electron chi connectivity index (χ4n) is 1.49. The lowest BCUT2D eigenvalue weighted by Gasteiger charge is -2.04. The molecule has 0 saturated carbocycles. The van der Waals surface area contributed by atoms with E-state index in [1.54, 1.807) is 13.0 Å². The molecule has 2 rings (SSSR count). The molecule has 18 heavy (non-hydrogen) atoms. The first-order valence-corrected chi connectivity index (χ1v) is 5.78. The first kappa shape index (κ1) is 12.6. The molecule has 0 amide bonds. The third kappa shape index (κ3) is 3.07. The van der Waals surface area contributed by atoms with Crippen LogP contribution in [0.4, 0.5) is 4.39 Å². The van der Waals surface area contributed by atoms with E-state index in [-0.39, 0.29) is 11.9 Å². The summed E-state index contributed by atoms with van der Waals surface area (Å²) < 4.78 is 23.6. The van der Waals surface area contributed by atoms with Gasteiger partial charge in [-0.15, -0.1) is 0 Å². The van der Waals surface area contributed by atoms with Crippen molar-refractivity contribution >= 4 is 0 Å². The summed E-state index contributed by atoms with van der Waals surface area (Å²) in [7, 11) is 0. The van der Waals surface area contributed by atoms with Gasteiger partial charge in [0.25, 0.3) is 0 Å². The second-order valence-corrected chi connectivity index (χ2v) is 3.90. The molecule has 0 unspecified atom stereocenters. The lowest BCUT2D eigenvalue weighted by molar-refractivity contribution is 0.328. The number of hydrogen-bond acceptors (Lipinski definition) is 4. The zero-order chi connectivity index (χ0) is 13.0. The first-order chi connectivity index (χ1) is 8.69. The molecule has 4 nitrogen and oxygen atoms in total. The Morgan fingerprint density at radius 2 is 2.28 bits per heavy atom. The van der Waals surface area contributed by atoms with E-state index in [1.807, 2.05) is 6.92 Å². The summed E-state index contributed by atoms with van der Waals surface area (Å²) in [6.45, 7) is 5.27. The number of oxazole rings is 1. The highest BCUT2D eigenvalue weighted by atomic mass is 19.1. The Morgan fingerprint density at radius 3 is 3.00 bits per heavy atom. The lowest BCUT2D eigenvalue weighted by Crippen LogP contribution is -2.11. The zero-order valence-electron chi connectivity index (χ0n) is 10.4. The smallest absolute Gasteiger partial charge is 0.399 e. The number of nitrogens with one attached hydrogen (secondary N) is 1. The van der Waals surface area contributed by atoms with Gasteiger partial charge < -0.3 is 14.5 Å². The van der Waals surface area contributed by atoms with Crippen molar-refractivity contribution in [3.63, 3.8) is 0 Å². The van der Waals surface area contributed by atoms with E-state index in [1.165, 1.54) is 18.4 Å². The molecule has 0 atom stereocenters. The fraction of sp³-hybridized carbons (Fsp3) is 0.308. The Labute approximate surface area is 105 Å². The van der Waals surface area contributed by atoms with Crippen molar-refractivity contribution in [2.24, 2.45) is 0 Å². The van der Waals surface area contributed by atoms with E-state index in [9.17, 15) is 4.39 Å². The number of aromatic nitrogens is 1. The van der Waals surface area contributed by atoms with Crippen LogP contribution in [0.25, 0.3) is 0 Å². The van der Waals surface area contributed by atoms with Gasteiger partial charge in [0, 0.05) is 6.54 Å². The molecule has 1 heterocycles. The highest BCUT2D eigenvalue weighted by Crippen LogP contribution is 2.24. The number of ether oxygens (including phenoxy) is 1. The Hall–Kier alpha value is -1.88. The topological polar surface area (TPSA) is 47.3 Å². The maximum absolute atomic E-state index is 12.9. The SMILES string of the molecule is CCNCc1coc(Oc2ccc(F)cc2C)n1. The van der Waals surface area contributed by atoms with Crippen LogP contribution in [-0.4, -0.2) is 11.5 Å². The second-order valence-electron chi connectivity index (χ2n) is 3.90. The quantitative estimate of drug-likeness (QED) is 0.886. The molecular formula is C13H15FN2O2. The maximum atomic E-state index is 12.9. The standard InChI is InChI=1S/C13H15FN2O2/c1-3-15-7-11-8-17-13(16-11)18-12-5-4-10(14)6-9(12)2/h4-6,8,15H,3,7H2,1-2H3. The highest BCUT2D eigenvalue weighted by Gasteiger charge is 2.08. The molecule has 0 aliphatic rings. The number of halogens is 1. The Bertz CT molecular complexity index is 525. The van der Waals surface area contributed by atoms with Crippen LogP contribution in [0.1, 0.15) is 18.2 Å². The molecule has 1 N–H and O–H groups in total. The fourth-order valence-corrected chi connectivity index (χ4v) is 1.49. The normalized spacial score (nSPS) is 10.6. The van der Waals surface area contributed by atoms with Crippen molar-refractivity contribution in [1.82, 2.24) is 10.3 Å². The van der Waals surface area contributed by atoms with E-state index in [4.69, 9.17) is 9.15 Å². The van der Waals surface area contributed by atoms with Crippen molar-refractivity contribution in [2.45, 2.75) is 20.4 Å². The molecule has 0 spiro atoms. The van der Waals surface area contributed by atoms with Crippen molar-refractivity contribution in [3.8, 4) is 11.8 Å². The van der Waals surface area contributed by atoms with Gasteiger partial charge in [0.05, 0.1) is 5.69 Å². The molecule has 0 aliphatic heterocycles. The summed E-state index contributed by atoms with van der Waals surface area (Å²) in [4.78, 5) is 4.16. The van der Waals surface area contributed by atoms with Gasteiger partial charge in [0.15, 0.2) is 0 Å². The van der Waals surface area contributed by atoms with Gasteiger partial charge in [0.1, 0.15) is 17.8 Å². The Morgan fingerprint density at radius 1 is 1.44 bits per heavy atom. The van der Waals surface area contributed by atoms with Gasteiger partial charge in [0.2, 0.25) is 0 Å². The predicted octanol–water partition coefficient (Wildman–Crippen LogP) is 3.02. The number of nitrogens with zero attached hydrogens (tertiary/aromatic N) is 1. The maximum Gasteiger partial charge on any atom is 0.399 e. The molecule has 0 bridgehead atoms. The van der Waals surface area contributed by atoms with Crippen molar-refractivity contribution < 1.29 is 13.5 Å². The minimum atomic E-state index is -0.292. The van der Waals surface area contributed by atoms with Gasteiger partial charge in [-0.05, 0) is 37.2 Å². The van der Waals surface area contributed by atoms with Gasteiger partial charge in [-0.1, -0.05) is 6.92 Å². The van der Waals surface area contributed by atoms with Crippen LogP contribution >= 0.6 is 0 Å². The minimum absolute atomic E-state index is 0.164. The summed E-state index contributed by atoms with van der Waals surface area (Å²) in [6, 6.07) is 4.29. The summed E-state index contributed by atoms with van der Waals surface area (Å²) in [5.41, 5.74) is 1.47. The van der Waals surface area contributed by atoms with E-state index < -0.39 is 0 Å². The minimum Gasteiger partial charge on any atom is -0.417 e. The van der Waals surface area contributed by atoms with E-state index in [0.29, 0.717) is 17.9 Å². The van der Waals surface area contributed by atoms with Crippen LogP contribution in [-0.2, 0) is 6.54 Å². The molecule has 1 aromatic carbocycles. The molecule has 0 radical (unpaired) electrons. The average molecular weight is 250 g/mol. The van der Waals surface area contributed by atoms with Crippen LogP contribution in [0.2, 0.25) is 0 Å². The van der Waals surface area contributed by atoms with Crippen molar-refractivity contribution in [1.29, 1.82) is 0 Å². The molecular weight excluding hydrogens is 235 g/mol. The summed E-state index contributed by atoms with van der Waals surface area (Å²) in [6.07, 6.45) is 1.70. The average Bonchev–Trinajstić information content (AvgIpc) is 2.78. The molecule has 0 saturated heterocycles. The predicted molar refractivity (Wildman–Crippen MR) is 65.1 cm³/mol. The van der Waals surface area contributed by atoms with E-state index >= 15 is 0 Å². The highest BCUT2D eigenvalue weighted by molar-refractivity contribution is 5.34. The lowest BCUT2D eigenvalue weighted by atomic mass is 10.2. The molecule has 0 aliphatic carbocycles. The van der Waals surface area contributed by atoms with Gasteiger partial charge in [-0.25, -0.2) is 4.39 Å². The first-order valence-electron chi connectivity index (χ1n) is 5.78. The number of benzene rings is 1.